The average molecular weight is 295 g/mol. The Bertz CT molecular complexity index is 282. The molecule has 0 saturated carbocycles. The van der Waals surface area contributed by atoms with Crippen LogP contribution in [0.2, 0.25) is 0 Å². The van der Waals surface area contributed by atoms with Crippen molar-refractivity contribution < 1.29 is 13.8 Å². The third-order valence-corrected chi connectivity index (χ3v) is 9.40. The zero-order valence-corrected chi connectivity index (χ0v) is 13.6. The van der Waals surface area contributed by atoms with E-state index >= 15 is 0 Å². The van der Waals surface area contributed by atoms with Gasteiger partial charge in [0.25, 0.3) is 6.57 Å². The number of morpholine rings is 1. The van der Waals surface area contributed by atoms with Gasteiger partial charge in [0.1, 0.15) is 0 Å². The van der Waals surface area contributed by atoms with Crippen molar-refractivity contribution in [2.75, 3.05) is 45.7 Å². The minimum Gasteiger partial charge on any atom is -0.379 e. The van der Waals surface area contributed by atoms with E-state index in [2.05, 4.69) is 18.7 Å². The van der Waals surface area contributed by atoms with Gasteiger partial charge >= 0.3 is 0 Å². The predicted molar refractivity (Wildman–Crippen MR) is 78.6 cm³/mol. The molecule has 18 heavy (non-hydrogen) atoms. The van der Waals surface area contributed by atoms with Crippen LogP contribution in [0.15, 0.2) is 0 Å². The van der Waals surface area contributed by atoms with Gasteiger partial charge in [0, 0.05) is 38.2 Å². The highest BCUT2D eigenvalue weighted by atomic mass is 32.7. The van der Waals surface area contributed by atoms with E-state index in [-0.39, 0.29) is 5.66 Å². The molecule has 0 radical (unpaired) electrons. The number of rotatable bonds is 7. The van der Waals surface area contributed by atoms with Gasteiger partial charge in [0.05, 0.1) is 13.2 Å². The van der Waals surface area contributed by atoms with Gasteiger partial charge in [-0.15, -0.1) is 0 Å². The zero-order valence-electron chi connectivity index (χ0n) is 11.9. The highest BCUT2D eigenvalue weighted by Gasteiger charge is 2.32. The first-order chi connectivity index (χ1) is 8.49. The summed E-state index contributed by atoms with van der Waals surface area (Å²) in [5.74, 6) is 1.24. The van der Waals surface area contributed by atoms with Crippen LogP contribution in [-0.2, 0) is 13.8 Å². The van der Waals surface area contributed by atoms with Gasteiger partial charge < -0.3 is 9.26 Å². The topological polar surface area (TPSA) is 38.8 Å². The number of hydrogen-bond acceptors (Lipinski definition) is 5. The third-order valence-electron chi connectivity index (χ3n) is 3.50. The fourth-order valence-electron chi connectivity index (χ4n) is 1.82. The molecule has 1 aliphatic rings. The fraction of sp³-hybridized carbons (Fsp3) is 1.00. The highest BCUT2D eigenvalue weighted by Crippen LogP contribution is 2.64. The molecule has 108 valence electrons. The lowest BCUT2D eigenvalue weighted by atomic mass is 10.2. The second-order valence-electron chi connectivity index (χ2n) is 4.99. The normalized spacial score (nSPS) is 22.9. The van der Waals surface area contributed by atoms with Crippen LogP contribution < -0.4 is 0 Å². The lowest BCUT2D eigenvalue weighted by molar-refractivity contribution is 0.0410. The molecule has 0 amide bonds. The summed E-state index contributed by atoms with van der Waals surface area (Å²) in [4.78, 5) is 2.36. The molecule has 2 atom stereocenters. The summed E-state index contributed by atoms with van der Waals surface area (Å²) in [7, 11) is 1.57. The lowest BCUT2D eigenvalue weighted by Crippen LogP contribution is -2.37. The first-order valence-corrected chi connectivity index (χ1v) is 9.88. The van der Waals surface area contributed by atoms with Gasteiger partial charge in [-0.25, -0.2) is 0 Å². The summed E-state index contributed by atoms with van der Waals surface area (Å²) < 4.78 is 23.3. The largest absolute Gasteiger partial charge is 0.379 e. The summed E-state index contributed by atoms with van der Waals surface area (Å²) in [5.41, 5.74) is 0.109. The van der Waals surface area contributed by atoms with Crippen molar-refractivity contribution in [1.29, 1.82) is 0 Å². The van der Waals surface area contributed by atoms with Crippen LogP contribution in [0.4, 0.5) is 0 Å². The number of ether oxygens (including phenoxy) is 1. The summed E-state index contributed by atoms with van der Waals surface area (Å²) in [6, 6.07) is 0. The Kier molecular flexibility index (Phi) is 7.25. The molecule has 1 heterocycles. The van der Waals surface area contributed by atoms with Crippen molar-refractivity contribution in [1.82, 2.24) is 4.90 Å². The maximum atomic E-state index is 12.7. The van der Waals surface area contributed by atoms with E-state index in [1.165, 1.54) is 11.4 Å². The quantitative estimate of drug-likeness (QED) is 0.675. The molecule has 1 saturated heterocycles. The average Bonchev–Trinajstić information content (AvgIpc) is 2.38. The Morgan fingerprint density at radius 2 is 1.94 bits per heavy atom. The molecule has 0 aliphatic carbocycles. The van der Waals surface area contributed by atoms with Gasteiger partial charge in [0.15, 0.2) is 0 Å². The standard InChI is InChI=1S/C12H26NO3PS/c1-11(2)12(3)17(14,15-4)18-10-7-13-5-8-16-9-6-13/h11-12H,5-10H2,1-4H3. The van der Waals surface area contributed by atoms with E-state index in [0.29, 0.717) is 5.92 Å². The van der Waals surface area contributed by atoms with E-state index in [9.17, 15) is 4.57 Å². The van der Waals surface area contributed by atoms with Crippen molar-refractivity contribution in [2.45, 2.75) is 26.4 Å². The Morgan fingerprint density at radius 3 is 2.44 bits per heavy atom. The third kappa shape index (κ3) is 4.86. The molecular formula is C12H26NO3PS. The van der Waals surface area contributed by atoms with Crippen molar-refractivity contribution in [3.63, 3.8) is 0 Å². The van der Waals surface area contributed by atoms with Gasteiger partial charge in [-0.05, 0) is 5.92 Å². The molecule has 4 nitrogen and oxygen atoms in total. The van der Waals surface area contributed by atoms with Crippen molar-refractivity contribution in [3.8, 4) is 0 Å². The maximum absolute atomic E-state index is 12.7. The van der Waals surface area contributed by atoms with Crippen LogP contribution in [-0.4, -0.2) is 56.3 Å². The highest BCUT2D eigenvalue weighted by molar-refractivity contribution is 8.56. The van der Waals surface area contributed by atoms with Crippen LogP contribution in [0.3, 0.4) is 0 Å². The Labute approximate surface area is 115 Å². The number of hydrogen-bond donors (Lipinski definition) is 0. The molecule has 0 aromatic rings. The minimum atomic E-state index is -2.56. The Hall–Kier alpha value is 0.460. The summed E-state index contributed by atoms with van der Waals surface area (Å²) in [5, 5.41) is 0. The number of nitrogens with zero attached hydrogens (tertiary/aromatic N) is 1. The zero-order chi connectivity index (χ0) is 13.6. The van der Waals surface area contributed by atoms with Crippen molar-refractivity contribution in [3.05, 3.63) is 0 Å². The smallest absolute Gasteiger partial charge is 0.260 e. The molecule has 0 bridgehead atoms. The second-order valence-corrected chi connectivity index (χ2v) is 10.2. The van der Waals surface area contributed by atoms with Crippen molar-refractivity contribution >= 4 is 18.0 Å². The van der Waals surface area contributed by atoms with Gasteiger partial charge in [-0.1, -0.05) is 32.2 Å². The first-order valence-electron chi connectivity index (χ1n) is 6.59. The molecule has 6 heteroatoms. The van der Waals surface area contributed by atoms with E-state index < -0.39 is 6.57 Å². The molecule has 1 rings (SSSR count). The van der Waals surface area contributed by atoms with Gasteiger partial charge in [0.2, 0.25) is 0 Å². The fourth-order valence-corrected chi connectivity index (χ4v) is 6.58. The Morgan fingerprint density at radius 1 is 1.33 bits per heavy atom. The maximum Gasteiger partial charge on any atom is 0.260 e. The van der Waals surface area contributed by atoms with Gasteiger partial charge in [-0.3, -0.25) is 9.46 Å². The Balaban J connectivity index is 2.36. The summed E-state index contributed by atoms with van der Waals surface area (Å²) >= 11 is 1.50. The predicted octanol–water partition coefficient (Wildman–Crippen LogP) is 2.94. The van der Waals surface area contributed by atoms with Crippen LogP contribution in [0.1, 0.15) is 20.8 Å². The van der Waals surface area contributed by atoms with E-state index in [4.69, 9.17) is 9.26 Å². The van der Waals surface area contributed by atoms with Crippen LogP contribution in [0.5, 0.6) is 0 Å². The molecule has 2 unspecified atom stereocenters. The monoisotopic (exact) mass is 295 g/mol. The van der Waals surface area contributed by atoms with E-state index in [0.717, 1.165) is 38.6 Å². The van der Waals surface area contributed by atoms with Crippen LogP contribution in [0.25, 0.3) is 0 Å². The summed E-state index contributed by atoms with van der Waals surface area (Å²) in [6.07, 6.45) is 0. The molecule has 0 spiro atoms. The summed E-state index contributed by atoms with van der Waals surface area (Å²) in [6.45, 7) is 8.22. The van der Waals surface area contributed by atoms with Gasteiger partial charge in [-0.2, -0.15) is 0 Å². The lowest BCUT2D eigenvalue weighted by Gasteiger charge is -2.28. The molecule has 1 fully saturated rings. The van der Waals surface area contributed by atoms with Crippen LogP contribution in [0, 0.1) is 5.92 Å². The van der Waals surface area contributed by atoms with Crippen LogP contribution >= 0.6 is 18.0 Å². The SMILES string of the molecule is COP(=O)(SCCN1CCOCC1)C(C)C(C)C. The molecule has 0 aromatic heterocycles. The molecule has 0 N–H and O–H groups in total. The minimum absolute atomic E-state index is 0.109. The van der Waals surface area contributed by atoms with E-state index in [1.807, 2.05) is 6.92 Å². The van der Waals surface area contributed by atoms with E-state index in [1.54, 1.807) is 7.11 Å². The molecule has 0 aromatic carbocycles. The first kappa shape index (κ1) is 16.5. The molecule has 1 aliphatic heterocycles. The molecular weight excluding hydrogens is 269 g/mol. The second kappa shape index (κ2) is 7.91. The van der Waals surface area contributed by atoms with Crippen molar-refractivity contribution in [2.24, 2.45) is 5.92 Å².